The predicted octanol–water partition coefficient (Wildman–Crippen LogP) is 1.14. The van der Waals surface area contributed by atoms with E-state index in [2.05, 4.69) is 6.92 Å². The van der Waals surface area contributed by atoms with Crippen molar-refractivity contribution in [2.24, 2.45) is 11.1 Å². The lowest BCUT2D eigenvalue weighted by atomic mass is 9.90. The third-order valence-electron chi connectivity index (χ3n) is 4.11. The molecule has 4 nitrogen and oxygen atoms in total. The Kier molecular flexibility index (Phi) is 4.05. The van der Waals surface area contributed by atoms with E-state index in [0.717, 1.165) is 45.4 Å². The number of carbonyl (C=O) groups excluding carboxylic acids is 1. The Morgan fingerprint density at radius 3 is 3.00 bits per heavy atom. The van der Waals surface area contributed by atoms with Gasteiger partial charge in [0.05, 0.1) is 6.10 Å². The van der Waals surface area contributed by atoms with Gasteiger partial charge in [0.2, 0.25) is 5.91 Å². The van der Waals surface area contributed by atoms with Crippen LogP contribution in [0, 0.1) is 5.41 Å². The van der Waals surface area contributed by atoms with Crippen molar-refractivity contribution in [2.45, 2.75) is 45.1 Å². The molecule has 0 bridgehead atoms. The zero-order chi connectivity index (χ0) is 12.3. The fourth-order valence-electron chi connectivity index (χ4n) is 2.72. The van der Waals surface area contributed by atoms with Gasteiger partial charge in [-0.15, -0.1) is 0 Å². The molecular weight excluding hydrogens is 216 g/mol. The van der Waals surface area contributed by atoms with Gasteiger partial charge in [0.1, 0.15) is 0 Å². The Balaban J connectivity index is 1.73. The molecule has 98 valence electrons. The number of nitrogens with zero attached hydrogens (tertiary/aromatic N) is 1. The second-order valence-corrected chi connectivity index (χ2v) is 5.75. The van der Waals surface area contributed by atoms with Crippen molar-refractivity contribution < 1.29 is 9.53 Å². The number of nitrogens with two attached hydrogens (primary N) is 1. The van der Waals surface area contributed by atoms with Gasteiger partial charge in [-0.25, -0.2) is 0 Å². The zero-order valence-electron chi connectivity index (χ0n) is 10.8. The van der Waals surface area contributed by atoms with Gasteiger partial charge >= 0.3 is 0 Å². The van der Waals surface area contributed by atoms with E-state index in [1.165, 1.54) is 0 Å². The van der Waals surface area contributed by atoms with Gasteiger partial charge < -0.3 is 15.4 Å². The van der Waals surface area contributed by atoms with Crippen LogP contribution in [0.4, 0.5) is 0 Å². The fraction of sp³-hybridized carbons (Fsp3) is 0.923. The number of amides is 1. The lowest BCUT2D eigenvalue weighted by Crippen LogP contribution is -2.34. The Hall–Kier alpha value is -0.610. The maximum Gasteiger partial charge on any atom is 0.222 e. The number of likely N-dealkylation sites (tertiary alicyclic amines) is 1. The van der Waals surface area contributed by atoms with E-state index in [-0.39, 0.29) is 11.3 Å². The highest BCUT2D eigenvalue weighted by atomic mass is 16.5. The first kappa shape index (κ1) is 12.8. The van der Waals surface area contributed by atoms with E-state index >= 15 is 0 Å². The van der Waals surface area contributed by atoms with Gasteiger partial charge in [-0.3, -0.25) is 4.79 Å². The van der Waals surface area contributed by atoms with Crippen molar-refractivity contribution in [1.82, 2.24) is 4.90 Å². The number of ether oxygens (including phenoxy) is 1. The molecule has 2 saturated heterocycles. The topological polar surface area (TPSA) is 55.6 Å². The molecule has 0 saturated carbocycles. The average Bonchev–Trinajstić information content (AvgIpc) is 2.96. The highest BCUT2D eigenvalue weighted by Crippen LogP contribution is 2.29. The normalized spacial score (nSPS) is 33.3. The summed E-state index contributed by atoms with van der Waals surface area (Å²) in [5.74, 6) is 0.276. The summed E-state index contributed by atoms with van der Waals surface area (Å²) < 4.78 is 5.54. The minimum atomic E-state index is 0.138. The number of rotatable bonds is 4. The Bertz CT molecular complexity index is 277. The SMILES string of the molecule is CC1(CN)CCN(C(=O)CCC2CCCO2)C1. The van der Waals surface area contributed by atoms with E-state index in [1.807, 2.05) is 4.90 Å². The van der Waals surface area contributed by atoms with Crippen molar-refractivity contribution >= 4 is 5.91 Å². The van der Waals surface area contributed by atoms with E-state index in [9.17, 15) is 4.79 Å². The first-order valence-corrected chi connectivity index (χ1v) is 6.72. The lowest BCUT2D eigenvalue weighted by Gasteiger charge is -2.22. The van der Waals surface area contributed by atoms with Crippen LogP contribution in [0.2, 0.25) is 0 Å². The van der Waals surface area contributed by atoms with Crippen LogP contribution in [-0.4, -0.2) is 43.2 Å². The van der Waals surface area contributed by atoms with Gasteiger partial charge in [-0.1, -0.05) is 6.92 Å². The van der Waals surface area contributed by atoms with E-state index in [0.29, 0.717) is 19.1 Å². The molecule has 2 heterocycles. The molecule has 0 aromatic rings. The van der Waals surface area contributed by atoms with E-state index in [4.69, 9.17) is 10.5 Å². The quantitative estimate of drug-likeness (QED) is 0.802. The summed E-state index contributed by atoms with van der Waals surface area (Å²) in [5, 5.41) is 0. The highest BCUT2D eigenvalue weighted by Gasteiger charge is 2.34. The van der Waals surface area contributed by atoms with Crippen LogP contribution >= 0.6 is 0 Å². The molecule has 0 spiro atoms. The molecule has 2 N–H and O–H groups in total. The minimum absolute atomic E-state index is 0.138. The van der Waals surface area contributed by atoms with E-state index in [1.54, 1.807) is 0 Å². The monoisotopic (exact) mass is 240 g/mol. The summed E-state index contributed by atoms with van der Waals surface area (Å²) in [6.07, 6.45) is 5.14. The molecule has 1 amide bonds. The molecule has 2 rings (SSSR count). The molecule has 0 aliphatic carbocycles. The van der Waals surface area contributed by atoms with Gasteiger partial charge in [-0.2, -0.15) is 0 Å². The van der Waals surface area contributed by atoms with Crippen molar-refractivity contribution in [3.8, 4) is 0 Å². The minimum Gasteiger partial charge on any atom is -0.378 e. The molecule has 0 aromatic heterocycles. The summed E-state index contributed by atoms with van der Waals surface area (Å²) in [4.78, 5) is 14.0. The van der Waals surface area contributed by atoms with Crippen LogP contribution in [0.25, 0.3) is 0 Å². The molecule has 2 fully saturated rings. The van der Waals surface area contributed by atoms with Gasteiger partial charge in [0, 0.05) is 26.1 Å². The lowest BCUT2D eigenvalue weighted by molar-refractivity contribution is -0.131. The largest absolute Gasteiger partial charge is 0.378 e. The van der Waals surface area contributed by atoms with Crippen molar-refractivity contribution in [1.29, 1.82) is 0 Å². The van der Waals surface area contributed by atoms with Crippen LogP contribution in [0.1, 0.15) is 39.0 Å². The van der Waals surface area contributed by atoms with Crippen LogP contribution in [0.15, 0.2) is 0 Å². The number of carbonyl (C=O) groups is 1. The highest BCUT2D eigenvalue weighted by molar-refractivity contribution is 5.76. The van der Waals surface area contributed by atoms with Crippen molar-refractivity contribution in [3.05, 3.63) is 0 Å². The summed E-state index contributed by atoms with van der Waals surface area (Å²) in [5.41, 5.74) is 5.88. The maximum absolute atomic E-state index is 12.0. The molecule has 0 aromatic carbocycles. The second kappa shape index (κ2) is 5.36. The van der Waals surface area contributed by atoms with Gasteiger partial charge in [0.15, 0.2) is 0 Å². The van der Waals surface area contributed by atoms with Crippen LogP contribution in [0.5, 0.6) is 0 Å². The maximum atomic E-state index is 12.0. The Labute approximate surface area is 103 Å². The first-order chi connectivity index (χ1) is 8.13. The smallest absolute Gasteiger partial charge is 0.222 e. The number of hydrogen-bond donors (Lipinski definition) is 1. The molecule has 17 heavy (non-hydrogen) atoms. The molecule has 2 atom stereocenters. The van der Waals surface area contributed by atoms with Gasteiger partial charge in [-0.05, 0) is 37.6 Å². The second-order valence-electron chi connectivity index (χ2n) is 5.75. The van der Waals surface area contributed by atoms with Crippen LogP contribution < -0.4 is 5.73 Å². The molecule has 2 aliphatic rings. The average molecular weight is 240 g/mol. The van der Waals surface area contributed by atoms with Crippen LogP contribution in [-0.2, 0) is 9.53 Å². The third-order valence-corrected chi connectivity index (χ3v) is 4.11. The van der Waals surface area contributed by atoms with Crippen molar-refractivity contribution in [2.75, 3.05) is 26.2 Å². The van der Waals surface area contributed by atoms with Crippen molar-refractivity contribution in [3.63, 3.8) is 0 Å². The zero-order valence-corrected chi connectivity index (χ0v) is 10.8. The summed E-state index contributed by atoms with van der Waals surface area (Å²) in [6.45, 7) is 5.41. The summed E-state index contributed by atoms with van der Waals surface area (Å²) >= 11 is 0. The summed E-state index contributed by atoms with van der Waals surface area (Å²) in [6, 6.07) is 0. The standard InChI is InChI=1S/C13H24N2O2/c1-13(9-14)6-7-15(10-13)12(16)5-4-11-3-2-8-17-11/h11H,2-10,14H2,1H3. The van der Waals surface area contributed by atoms with E-state index < -0.39 is 0 Å². The summed E-state index contributed by atoms with van der Waals surface area (Å²) in [7, 11) is 0. The molecular formula is C13H24N2O2. The number of hydrogen-bond acceptors (Lipinski definition) is 3. The third kappa shape index (κ3) is 3.19. The first-order valence-electron chi connectivity index (χ1n) is 6.72. The predicted molar refractivity (Wildman–Crippen MR) is 66.6 cm³/mol. The van der Waals surface area contributed by atoms with Crippen LogP contribution in [0.3, 0.4) is 0 Å². The molecule has 2 aliphatic heterocycles. The molecule has 4 heteroatoms. The molecule has 0 radical (unpaired) electrons. The Morgan fingerprint density at radius 2 is 2.41 bits per heavy atom. The molecule has 2 unspecified atom stereocenters. The van der Waals surface area contributed by atoms with Gasteiger partial charge in [0.25, 0.3) is 0 Å². The Morgan fingerprint density at radius 1 is 1.59 bits per heavy atom. The fourth-order valence-corrected chi connectivity index (χ4v) is 2.72.